The zero-order valence-corrected chi connectivity index (χ0v) is 12.8. The van der Waals surface area contributed by atoms with E-state index in [2.05, 4.69) is 36.5 Å². The number of hydrogen-bond donors (Lipinski definition) is 2. The van der Waals surface area contributed by atoms with Gasteiger partial charge in [-0.3, -0.25) is 0 Å². The molecule has 0 bridgehead atoms. The summed E-state index contributed by atoms with van der Waals surface area (Å²) in [5.41, 5.74) is 4.93. The van der Waals surface area contributed by atoms with Gasteiger partial charge in [0.05, 0.1) is 12.1 Å². The fourth-order valence-electron chi connectivity index (χ4n) is 3.79. The van der Waals surface area contributed by atoms with Gasteiger partial charge in [-0.1, -0.05) is 31.2 Å². The molecule has 3 heteroatoms. The van der Waals surface area contributed by atoms with Crippen molar-refractivity contribution in [2.75, 3.05) is 11.9 Å². The molecule has 0 aromatic heterocycles. The molecule has 22 heavy (non-hydrogen) atoms. The maximum absolute atomic E-state index is 9.79. The van der Waals surface area contributed by atoms with E-state index in [1.807, 2.05) is 12.1 Å². The first-order valence-corrected chi connectivity index (χ1v) is 8.06. The molecule has 2 aromatic rings. The Bertz CT molecular complexity index is 698. The van der Waals surface area contributed by atoms with Crippen molar-refractivity contribution in [1.82, 2.24) is 0 Å². The minimum atomic E-state index is 0.162. The van der Waals surface area contributed by atoms with Crippen LogP contribution in [0.5, 0.6) is 5.75 Å². The molecule has 2 N–H and O–H groups in total. The predicted molar refractivity (Wildman–Crippen MR) is 87.1 cm³/mol. The van der Waals surface area contributed by atoms with Crippen LogP contribution in [0.2, 0.25) is 0 Å². The smallest absolute Gasteiger partial charge is 0.115 e. The third-order valence-electron chi connectivity index (χ3n) is 4.94. The Labute approximate surface area is 130 Å². The molecule has 2 heterocycles. The van der Waals surface area contributed by atoms with E-state index in [0.717, 1.165) is 30.7 Å². The molecular weight excluding hydrogens is 274 g/mol. The standard InChI is InChI=1S/C19H21NO2/c1-2-12-6-7-17-16(10-12)19-15(8-9-22-19)18(20-17)13-4-3-5-14(21)11-13/h3-7,10-11,15,18-21H,2,8-9H2,1H3/t15-,18-,19-/m0/s1. The van der Waals surface area contributed by atoms with Gasteiger partial charge in [0.1, 0.15) is 5.75 Å². The van der Waals surface area contributed by atoms with E-state index in [0.29, 0.717) is 11.7 Å². The molecule has 0 unspecified atom stereocenters. The van der Waals surface area contributed by atoms with Crippen LogP contribution >= 0.6 is 0 Å². The van der Waals surface area contributed by atoms with Gasteiger partial charge < -0.3 is 15.2 Å². The Morgan fingerprint density at radius 3 is 2.95 bits per heavy atom. The molecule has 2 aliphatic rings. The summed E-state index contributed by atoms with van der Waals surface area (Å²) in [6.07, 6.45) is 2.25. The second-order valence-corrected chi connectivity index (χ2v) is 6.24. The van der Waals surface area contributed by atoms with Gasteiger partial charge in [-0.05, 0) is 42.2 Å². The van der Waals surface area contributed by atoms with Crippen molar-refractivity contribution >= 4 is 5.69 Å². The number of phenols is 1. The first-order chi connectivity index (χ1) is 10.8. The van der Waals surface area contributed by atoms with Crippen LogP contribution in [0.1, 0.15) is 42.2 Å². The van der Waals surface area contributed by atoms with Crippen molar-refractivity contribution in [2.24, 2.45) is 5.92 Å². The van der Waals surface area contributed by atoms with E-state index in [-0.39, 0.29) is 12.1 Å². The van der Waals surface area contributed by atoms with Crippen LogP contribution < -0.4 is 5.32 Å². The number of aromatic hydroxyl groups is 1. The summed E-state index contributed by atoms with van der Waals surface area (Å²) in [7, 11) is 0. The third-order valence-corrected chi connectivity index (χ3v) is 4.94. The van der Waals surface area contributed by atoms with Gasteiger partial charge >= 0.3 is 0 Å². The lowest BCUT2D eigenvalue weighted by Crippen LogP contribution is -2.29. The summed E-state index contributed by atoms with van der Waals surface area (Å²) >= 11 is 0. The van der Waals surface area contributed by atoms with Crippen LogP contribution in [0.15, 0.2) is 42.5 Å². The Hall–Kier alpha value is -2.00. The number of fused-ring (bicyclic) bond motifs is 3. The van der Waals surface area contributed by atoms with Crippen LogP contribution in [0.25, 0.3) is 0 Å². The molecule has 2 aliphatic heterocycles. The minimum Gasteiger partial charge on any atom is -0.508 e. The lowest BCUT2D eigenvalue weighted by Gasteiger charge is -2.36. The van der Waals surface area contributed by atoms with Crippen molar-refractivity contribution in [3.05, 3.63) is 59.2 Å². The summed E-state index contributed by atoms with van der Waals surface area (Å²) in [5, 5.41) is 13.5. The van der Waals surface area contributed by atoms with Crippen LogP contribution in [0.3, 0.4) is 0 Å². The molecule has 1 fully saturated rings. The number of aryl methyl sites for hydroxylation is 1. The molecule has 0 amide bonds. The number of hydrogen-bond acceptors (Lipinski definition) is 3. The maximum Gasteiger partial charge on any atom is 0.115 e. The lowest BCUT2D eigenvalue weighted by molar-refractivity contribution is 0.0828. The van der Waals surface area contributed by atoms with Gasteiger partial charge in [0.15, 0.2) is 0 Å². The molecule has 0 spiro atoms. The average molecular weight is 295 g/mol. The number of anilines is 1. The molecule has 3 nitrogen and oxygen atoms in total. The first kappa shape index (κ1) is 13.6. The summed E-state index contributed by atoms with van der Waals surface area (Å²) < 4.78 is 6.06. The van der Waals surface area contributed by atoms with Gasteiger partial charge in [-0.2, -0.15) is 0 Å². The zero-order chi connectivity index (χ0) is 15.1. The fourth-order valence-corrected chi connectivity index (χ4v) is 3.79. The number of nitrogens with one attached hydrogen (secondary N) is 1. The Balaban J connectivity index is 1.77. The van der Waals surface area contributed by atoms with Crippen LogP contribution in [-0.4, -0.2) is 11.7 Å². The second kappa shape index (κ2) is 5.33. The van der Waals surface area contributed by atoms with Gasteiger partial charge in [0.2, 0.25) is 0 Å². The van der Waals surface area contributed by atoms with Crippen LogP contribution in [0.4, 0.5) is 5.69 Å². The highest BCUT2D eigenvalue weighted by Crippen LogP contribution is 2.50. The summed E-state index contributed by atoms with van der Waals surface area (Å²) in [6, 6.07) is 14.4. The predicted octanol–water partition coefficient (Wildman–Crippen LogP) is 4.20. The normalized spacial score (nSPS) is 26.1. The zero-order valence-electron chi connectivity index (χ0n) is 12.8. The monoisotopic (exact) mass is 295 g/mol. The summed E-state index contributed by atoms with van der Waals surface area (Å²) in [6.45, 7) is 2.99. The maximum atomic E-state index is 9.79. The third kappa shape index (κ3) is 2.17. The van der Waals surface area contributed by atoms with E-state index in [1.54, 1.807) is 6.07 Å². The summed E-state index contributed by atoms with van der Waals surface area (Å²) in [4.78, 5) is 0. The van der Waals surface area contributed by atoms with Gasteiger partial charge in [0, 0.05) is 23.8 Å². The number of rotatable bonds is 2. The summed E-state index contributed by atoms with van der Waals surface area (Å²) in [5.74, 6) is 0.739. The Kier molecular flexibility index (Phi) is 3.30. The van der Waals surface area contributed by atoms with E-state index in [9.17, 15) is 5.11 Å². The van der Waals surface area contributed by atoms with E-state index >= 15 is 0 Å². The van der Waals surface area contributed by atoms with Gasteiger partial charge in [-0.25, -0.2) is 0 Å². The van der Waals surface area contributed by atoms with Crippen molar-refractivity contribution in [1.29, 1.82) is 0 Å². The second-order valence-electron chi connectivity index (χ2n) is 6.24. The highest BCUT2D eigenvalue weighted by atomic mass is 16.5. The molecule has 1 saturated heterocycles. The van der Waals surface area contributed by atoms with Crippen molar-refractivity contribution < 1.29 is 9.84 Å². The number of phenolic OH excluding ortho intramolecular Hbond substituents is 1. The van der Waals surface area contributed by atoms with E-state index < -0.39 is 0 Å². The molecule has 3 atom stereocenters. The first-order valence-electron chi connectivity index (χ1n) is 8.06. The fraction of sp³-hybridized carbons (Fsp3) is 0.368. The molecule has 4 rings (SSSR count). The van der Waals surface area contributed by atoms with Crippen molar-refractivity contribution in [3.8, 4) is 5.75 Å². The van der Waals surface area contributed by atoms with Crippen LogP contribution in [-0.2, 0) is 11.2 Å². The topological polar surface area (TPSA) is 41.5 Å². The van der Waals surface area contributed by atoms with Gasteiger partial charge in [-0.15, -0.1) is 0 Å². The van der Waals surface area contributed by atoms with E-state index in [4.69, 9.17) is 4.74 Å². The highest BCUT2D eigenvalue weighted by molar-refractivity contribution is 5.58. The molecule has 0 aliphatic carbocycles. The minimum absolute atomic E-state index is 0.162. The van der Waals surface area contributed by atoms with Gasteiger partial charge in [0.25, 0.3) is 0 Å². The van der Waals surface area contributed by atoms with Crippen molar-refractivity contribution in [2.45, 2.75) is 31.9 Å². The molecule has 0 saturated carbocycles. The number of ether oxygens (including phenoxy) is 1. The van der Waals surface area contributed by atoms with Crippen molar-refractivity contribution in [3.63, 3.8) is 0 Å². The molecule has 0 radical (unpaired) electrons. The lowest BCUT2D eigenvalue weighted by atomic mass is 9.80. The molecule has 2 aromatic carbocycles. The Morgan fingerprint density at radius 1 is 1.23 bits per heavy atom. The Morgan fingerprint density at radius 2 is 2.14 bits per heavy atom. The largest absolute Gasteiger partial charge is 0.508 e. The highest BCUT2D eigenvalue weighted by Gasteiger charge is 2.41. The molecule has 114 valence electrons. The SMILES string of the molecule is CCc1ccc2c(c1)[C@H]1OCC[C@H]1[C@H](c1cccc(O)c1)N2. The van der Waals surface area contributed by atoms with E-state index in [1.165, 1.54) is 11.1 Å². The average Bonchev–Trinajstić information content (AvgIpc) is 3.03. The molecular formula is C19H21NO2. The quantitative estimate of drug-likeness (QED) is 0.872. The number of benzene rings is 2. The van der Waals surface area contributed by atoms with Crippen LogP contribution in [0, 0.1) is 5.92 Å².